The lowest BCUT2D eigenvalue weighted by atomic mass is 10.0. The zero-order valence-electron chi connectivity index (χ0n) is 15.8. The van der Waals surface area contributed by atoms with Crippen LogP contribution in [0.15, 0.2) is 58.2 Å². The van der Waals surface area contributed by atoms with Gasteiger partial charge in [0.1, 0.15) is 11.3 Å². The summed E-state index contributed by atoms with van der Waals surface area (Å²) >= 11 is 1.14. The van der Waals surface area contributed by atoms with Crippen LogP contribution in [0.25, 0.3) is 11.1 Å². The molecule has 3 rings (SSSR count). The number of para-hydroxylation sites is 2. The van der Waals surface area contributed by atoms with E-state index in [4.69, 9.17) is 9.15 Å². The number of nitrogens with one attached hydrogen (secondary N) is 1. The highest BCUT2D eigenvalue weighted by Gasteiger charge is 2.15. The van der Waals surface area contributed by atoms with Gasteiger partial charge in [-0.15, -0.1) is 0 Å². The second-order valence-electron chi connectivity index (χ2n) is 6.34. The minimum atomic E-state index is -0.495. The third-order valence-electron chi connectivity index (χ3n) is 4.18. The Morgan fingerprint density at radius 1 is 1.18 bits per heavy atom. The van der Waals surface area contributed by atoms with E-state index in [1.165, 1.54) is 0 Å². The number of benzene rings is 2. The van der Waals surface area contributed by atoms with Crippen LogP contribution in [0.4, 0.5) is 0 Å². The Bertz CT molecular complexity index is 919. The van der Waals surface area contributed by atoms with E-state index in [1.54, 1.807) is 0 Å². The van der Waals surface area contributed by atoms with Crippen molar-refractivity contribution in [2.75, 3.05) is 12.4 Å². The number of oxazole rings is 1. The van der Waals surface area contributed by atoms with Gasteiger partial charge in [-0.3, -0.25) is 9.59 Å². The van der Waals surface area contributed by atoms with Gasteiger partial charge in [-0.25, -0.2) is 4.98 Å². The van der Waals surface area contributed by atoms with Gasteiger partial charge in [0.05, 0.1) is 6.04 Å². The van der Waals surface area contributed by atoms with Crippen molar-refractivity contribution >= 4 is 34.7 Å². The summed E-state index contributed by atoms with van der Waals surface area (Å²) in [6, 6.07) is 15.3. The van der Waals surface area contributed by atoms with Crippen molar-refractivity contribution in [1.82, 2.24) is 10.3 Å². The summed E-state index contributed by atoms with van der Waals surface area (Å²) in [5.41, 5.74) is 3.59. The van der Waals surface area contributed by atoms with Crippen LogP contribution in [0, 0.1) is 6.92 Å². The Hall–Kier alpha value is -2.80. The number of esters is 1. The van der Waals surface area contributed by atoms with E-state index in [1.807, 2.05) is 62.4 Å². The maximum Gasteiger partial charge on any atom is 0.316 e. The average Bonchev–Trinajstić information content (AvgIpc) is 3.12. The van der Waals surface area contributed by atoms with Gasteiger partial charge in [-0.1, -0.05) is 60.6 Å². The molecule has 0 saturated carbocycles. The molecule has 0 unspecified atom stereocenters. The van der Waals surface area contributed by atoms with Crippen LogP contribution in [-0.4, -0.2) is 29.2 Å². The molecule has 6 nitrogen and oxygen atoms in total. The molecule has 0 fully saturated rings. The van der Waals surface area contributed by atoms with Gasteiger partial charge in [0.25, 0.3) is 11.1 Å². The topological polar surface area (TPSA) is 81.4 Å². The first-order valence-electron chi connectivity index (χ1n) is 9.05. The van der Waals surface area contributed by atoms with Gasteiger partial charge in [-0.2, -0.15) is 0 Å². The number of rotatable bonds is 8. The van der Waals surface area contributed by atoms with Crippen LogP contribution < -0.4 is 5.32 Å². The monoisotopic (exact) mass is 398 g/mol. The van der Waals surface area contributed by atoms with Crippen molar-refractivity contribution in [2.24, 2.45) is 0 Å². The summed E-state index contributed by atoms with van der Waals surface area (Å²) in [5, 5.41) is 3.29. The molecule has 0 aliphatic carbocycles. The molecule has 7 heteroatoms. The number of hydrogen-bond acceptors (Lipinski definition) is 6. The molecule has 2 aromatic carbocycles. The minimum absolute atomic E-state index is 0.0231. The highest BCUT2D eigenvalue weighted by Crippen LogP contribution is 2.23. The molecule has 0 bridgehead atoms. The van der Waals surface area contributed by atoms with Crippen LogP contribution in [-0.2, 0) is 14.3 Å². The van der Waals surface area contributed by atoms with Gasteiger partial charge < -0.3 is 14.5 Å². The summed E-state index contributed by atoms with van der Waals surface area (Å²) in [4.78, 5) is 28.3. The first-order valence-corrected chi connectivity index (χ1v) is 10.0. The van der Waals surface area contributed by atoms with E-state index in [-0.39, 0.29) is 24.3 Å². The van der Waals surface area contributed by atoms with Crippen molar-refractivity contribution in [3.63, 3.8) is 0 Å². The number of carbonyl (C=O) groups excluding carboxylic acids is 2. The third-order valence-corrected chi connectivity index (χ3v) is 4.98. The van der Waals surface area contributed by atoms with Crippen molar-refractivity contribution in [3.8, 4) is 0 Å². The first-order chi connectivity index (χ1) is 13.5. The fourth-order valence-corrected chi connectivity index (χ4v) is 3.31. The Kier molecular flexibility index (Phi) is 6.71. The number of ether oxygens (including phenoxy) is 1. The molecular weight excluding hydrogens is 376 g/mol. The molecule has 1 heterocycles. The van der Waals surface area contributed by atoms with Gasteiger partial charge in [-0.05, 0) is 31.0 Å². The zero-order chi connectivity index (χ0) is 19.9. The fraction of sp³-hybridized carbons (Fsp3) is 0.286. The predicted octanol–water partition coefficient (Wildman–Crippen LogP) is 4.04. The van der Waals surface area contributed by atoms with E-state index in [0.29, 0.717) is 10.8 Å². The number of fused-ring (bicyclic) bond motifs is 1. The van der Waals surface area contributed by atoms with Crippen LogP contribution >= 0.6 is 11.8 Å². The number of carbonyl (C=O) groups is 2. The predicted molar refractivity (Wildman–Crippen MR) is 108 cm³/mol. The van der Waals surface area contributed by atoms with Gasteiger partial charge >= 0.3 is 5.97 Å². The molecule has 0 saturated heterocycles. The molecule has 1 aromatic heterocycles. The zero-order valence-corrected chi connectivity index (χ0v) is 16.6. The molecule has 1 amide bonds. The standard InChI is InChI=1S/C21H22N2O4S/c1-3-16(15-10-8-14(2)9-11-15)22-19(24)12-26-20(25)13-28-21-23-17-6-4-5-7-18(17)27-21/h4-11,16H,3,12-13H2,1-2H3,(H,22,24)/t16-/m1/s1. The van der Waals surface area contributed by atoms with Crippen LogP contribution in [0.2, 0.25) is 0 Å². The first kappa shape index (κ1) is 19.9. The number of nitrogens with zero attached hydrogens (tertiary/aromatic N) is 1. The van der Waals surface area contributed by atoms with E-state index < -0.39 is 5.97 Å². The van der Waals surface area contributed by atoms with Crippen molar-refractivity contribution in [1.29, 1.82) is 0 Å². The SMILES string of the molecule is CC[C@@H](NC(=O)COC(=O)CSc1nc2ccccc2o1)c1ccc(C)cc1. The number of hydrogen-bond donors (Lipinski definition) is 1. The van der Waals surface area contributed by atoms with E-state index in [9.17, 15) is 9.59 Å². The summed E-state index contributed by atoms with van der Waals surface area (Å²) in [5.74, 6) is -0.798. The number of aryl methyl sites for hydroxylation is 1. The lowest BCUT2D eigenvalue weighted by Gasteiger charge is -2.17. The van der Waals surface area contributed by atoms with E-state index >= 15 is 0 Å². The van der Waals surface area contributed by atoms with E-state index in [2.05, 4.69) is 10.3 Å². The van der Waals surface area contributed by atoms with Crippen molar-refractivity contribution in [3.05, 3.63) is 59.7 Å². The Labute approximate surface area is 167 Å². The summed E-state index contributed by atoms with van der Waals surface area (Å²) < 4.78 is 10.6. The molecule has 0 spiro atoms. The highest BCUT2D eigenvalue weighted by atomic mass is 32.2. The second-order valence-corrected chi connectivity index (χ2v) is 7.26. The largest absolute Gasteiger partial charge is 0.455 e. The molecule has 1 atom stereocenters. The smallest absolute Gasteiger partial charge is 0.316 e. The van der Waals surface area contributed by atoms with Crippen LogP contribution in [0.5, 0.6) is 0 Å². The van der Waals surface area contributed by atoms with Gasteiger partial charge in [0.2, 0.25) is 0 Å². The molecule has 0 radical (unpaired) electrons. The van der Waals surface area contributed by atoms with Gasteiger partial charge in [0, 0.05) is 0 Å². The normalized spacial score (nSPS) is 11.9. The quantitative estimate of drug-likeness (QED) is 0.456. The molecule has 1 N–H and O–H groups in total. The maximum absolute atomic E-state index is 12.1. The molecule has 0 aliphatic rings. The number of thioether (sulfide) groups is 1. The number of amides is 1. The lowest BCUT2D eigenvalue weighted by molar-refractivity contribution is -0.146. The molecule has 146 valence electrons. The second kappa shape index (κ2) is 9.41. The van der Waals surface area contributed by atoms with Crippen molar-refractivity contribution < 1.29 is 18.7 Å². The molecule has 28 heavy (non-hydrogen) atoms. The minimum Gasteiger partial charge on any atom is -0.455 e. The summed E-state index contributed by atoms with van der Waals surface area (Å²) in [6.45, 7) is 3.70. The molecule has 0 aliphatic heterocycles. The Balaban J connectivity index is 1.44. The van der Waals surface area contributed by atoms with Gasteiger partial charge in [0.15, 0.2) is 12.2 Å². The molecule has 3 aromatic rings. The lowest BCUT2D eigenvalue weighted by Crippen LogP contribution is -2.32. The summed E-state index contributed by atoms with van der Waals surface area (Å²) in [7, 11) is 0. The third kappa shape index (κ3) is 5.36. The Morgan fingerprint density at radius 3 is 2.64 bits per heavy atom. The number of aromatic nitrogens is 1. The average molecular weight is 398 g/mol. The maximum atomic E-state index is 12.1. The van der Waals surface area contributed by atoms with Crippen LogP contribution in [0.1, 0.15) is 30.5 Å². The fourth-order valence-electron chi connectivity index (χ4n) is 2.68. The van der Waals surface area contributed by atoms with Crippen molar-refractivity contribution in [2.45, 2.75) is 31.5 Å². The van der Waals surface area contributed by atoms with Crippen LogP contribution in [0.3, 0.4) is 0 Å². The van der Waals surface area contributed by atoms with E-state index in [0.717, 1.165) is 34.8 Å². The summed E-state index contributed by atoms with van der Waals surface area (Å²) in [6.07, 6.45) is 0.746. The molecular formula is C21H22N2O4S. The Morgan fingerprint density at radius 2 is 1.93 bits per heavy atom. The highest BCUT2D eigenvalue weighted by molar-refractivity contribution is 7.99.